The fraction of sp³-hybridized carbons (Fsp3) is 0.429. The van der Waals surface area contributed by atoms with Crippen molar-refractivity contribution in [3.05, 3.63) is 42.0 Å². The molecule has 0 bridgehead atoms. The van der Waals surface area contributed by atoms with Crippen LogP contribution in [0.5, 0.6) is 0 Å². The molecule has 2 N–H and O–H groups in total. The molecule has 1 saturated heterocycles. The highest BCUT2D eigenvalue weighted by atomic mass is 16.5. The third kappa shape index (κ3) is 2.35. The van der Waals surface area contributed by atoms with Crippen molar-refractivity contribution in [1.82, 2.24) is 0 Å². The van der Waals surface area contributed by atoms with E-state index < -0.39 is 0 Å². The Morgan fingerprint density at radius 2 is 1.88 bits per heavy atom. The Morgan fingerprint density at radius 3 is 2.35 bits per heavy atom. The second kappa shape index (κ2) is 4.90. The molecule has 0 spiro atoms. The smallest absolute Gasteiger partial charge is 0.0971 e. The van der Waals surface area contributed by atoms with Crippen molar-refractivity contribution < 1.29 is 9.47 Å². The Morgan fingerprint density at radius 1 is 1.29 bits per heavy atom. The predicted octanol–water partition coefficient (Wildman–Crippen LogP) is 2.27. The van der Waals surface area contributed by atoms with E-state index in [0.717, 1.165) is 31.6 Å². The Kier molecular flexibility index (Phi) is 3.50. The van der Waals surface area contributed by atoms with Gasteiger partial charge in [0.15, 0.2) is 0 Å². The number of rotatable bonds is 3. The van der Waals surface area contributed by atoms with Gasteiger partial charge in [-0.15, -0.1) is 0 Å². The zero-order chi connectivity index (χ0) is 12.3. The SMILES string of the molecule is C=C(N)c1ccc(C2(OC)CCOCC2)cc1. The van der Waals surface area contributed by atoms with E-state index in [1.165, 1.54) is 5.56 Å². The monoisotopic (exact) mass is 233 g/mol. The first-order valence-electron chi connectivity index (χ1n) is 5.86. The molecule has 3 heteroatoms. The maximum absolute atomic E-state index is 5.73. The third-order valence-electron chi connectivity index (χ3n) is 3.47. The molecule has 1 aromatic carbocycles. The van der Waals surface area contributed by atoms with Crippen molar-refractivity contribution in [1.29, 1.82) is 0 Å². The second-order valence-corrected chi connectivity index (χ2v) is 4.41. The molecule has 2 rings (SSSR count). The lowest BCUT2D eigenvalue weighted by Crippen LogP contribution is -2.35. The minimum Gasteiger partial charge on any atom is -0.399 e. The summed E-state index contributed by atoms with van der Waals surface area (Å²) >= 11 is 0. The van der Waals surface area contributed by atoms with Crippen LogP contribution < -0.4 is 5.73 Å². The third-order valence-corrected chi connectivity index (χ3v) is 3.47. The van der Waals surface area contributed by atoms with Crippen LogP contribution in [0.15, 0.2) is 30.8 Å². The van der Waals surface area contributed by atoms with Gasteiger partial charge >= 0.3 is 0 Å². The maximum atomic E-state index is 5.73. The van der Waals surface area contributed by atoms with Crippen LogP contribution in [0.1, 0.15) is 24.0 Å². The van der Waals surface area contributed by atoms with Crippen molar-refractivity contribution in [2.45, 2.75) is 18.4 Å². The number of hydrogen-bond donors (Lipinski definition) is 1. The molecule has 0 unspecified atom stereocenters. The molecule has 17 heavy (non-hydrogen) atoms. The van der Waals surface area contributed by atoms with Gasteiger partial charge in [-0.25, -0.2) is 0 Å². The van der Waals surface area contributed by atoms with E-state index >= 15 is 0 Å². The van der Waals surface area contributed by atoms with Gasteiger partial charge in [0, 0.05) is 38.9 Å². The van der Waals surface area contributed by atoms with Crippen molar-refractivity contribution in [3.8, 4) is 0 Å². The van der Waals surface area contributed by atoms with Gasteiger partial charge in [0.2, 0.25) is 0 Å². The van der Waals surface area contributed by atoms with Gasteiger partial charge in [-0.2, -0.15) is 0 Å². The molecule has 0 atom stereocenters. The summed E-state index contributed by atoms with van der Waals surface area (Å²) in [5.74, 6) is 0. The zero-order valence-electron chi connectivity index (χ0n) is 10.2. The van der Waals surface area contributed by atoms with Crippen molar-refractivity contribution in [3.63, 3.8) is 0 Å². The minimum absolute atomic E-state index is 0.202. The quantitative estimate of drug-likeness (QED) is 0.871. The Bertz CT molecular complexity index is 391. The van der Waals surface area contributed by atoms with Crippen LogP contribution in [0.4, 0.5) is 0 Å². The minimum atomic E-state index is -0.202. The molecule has 0 amide bonds. The fourth-order valence-corrected chi connectivity index (χ4v) is 2.30. The van der Waals surface area contributed by atoms with Gasteiger partial charge in [-0.1, -0.05) is 30.8 Å². The molecule has 1 heterocycles. The Labute approximate surface area is 102 Å². The summed E-state index contributed by atoms with van der Waals surface area (Å²) in [5, 5.41) is 0. The summed E-state index contributed by atoms with van der Waals surface area (Å²) in [6.45, 7) is 5.23. The van der Waals surface area contributed by atoms with Crippen LogP contribution in [0.25, 0.3) is 5.70 Å². The first-order valence-corrected chi connectivity index (χ1v) is 5.86. The standard InChI is InChI=1S/C14H19NO2/c1-11(15)12-3-5-13(6-4-12)14(16-2)7-9-17-10-8-14/h3-6H,1,7-10,15H2,2H3. The molecule has 3 nitrogen and oxygen atoms in total. The van der Waals surface area contributed by atoms with E-state index in [4.69, 9.17) is 15.2 Å². The van der Waals surface area contributed by atoms with E-state index in [2.05, 4.69) is 18.7 Å². The highest BCUT2D eigenvalue weighted by Gasteiger charge is 2.34. The lowest BCUT2D eigenvalue weighted by Gasteiger charge is -2.36. The van der Waals surface area contributed by atoms with Gasteiger partial charge in [-0.05, 0) is 11.1 Å². The average Bonchev–Trinajstić information content (AvgIpc) is 2.39. The highest BCUT2D eigenvalue weighted by molar-refractivity contribution is 5.60. The fourth-order valence-electron chi connectivity index (χ4n) is 2.30. The van der Waals surface area contributed by atoms with E-state index in [1.54, 1.807) is 7.11 Å². The number of hydrogen-bond acceptors (Lipinski definition) is 3. The number of benzene rings is 1. The molecule has 0 saturated carbocycles. The van der Waals surface area contributed by atoms with E-state index in [-0.39, 0.29) is 5.60 Å². The van der Waals surface area contributed by atoms with Gasteiger partial charge in [0.1, 0.15) is 0 Å². The van der Waals surface area contributed by atoms with E-state index in [0.29, 0.717) is 5.70 Å². The first kappa shape index (κ1) is 12.1. The molecular formula is C14H19NO2. The van der Waals surface area contributed by atoms with Crippen LogP contribution in [-0.4, -0.2) is 20.3 Å². The molecule has 1 aliphatic heterocycles. The van der Waals surface area contributed by atoms with Gasteiger partial charge in [-0.3, -0.25) is 0 Å². The van der Waals surface area contributed by atoms with E-state index in [9.17, 15) is 0 Å². The summed E-state index contributed by atoms with van der Waals surface area (Å²) in [6.07, 6.45) is 1.79. The molecule has 0 radical (unpaired) electrons. The molecule has 1 aromatic rings. The lowest BCUT2D eigenvalue weighted by molar-refractivity contribution is -0.0947. The van der Waals surface area contributed by atoms with Crippen LogP contribution in [0.3, 0.4) is 0 Å². The first-order chi connectivity index (χ1) is 8.18. The maximum Gasteiger partial charge on any atom is 0.0971 e. The molecule has 1 aliphatic rings. The molecule has 92 valence electrons. The van der Waals surface area contributed by atoms with Gasteiger partial charge in [0.05, 0.1) is 5.60 Å². The van der Waals surface area contributed by atoms with Crippen LogP contribution in [0, 0.1) is 0 Å². The average molecular weight is 233 g/mol. The summed E-state index contributed by atoms with van der Waals surface area (Å²) in [6, 6.07) is 8.13. The summed E-state index contributed by atoms with van der Waals surface area (Å²) < 4.78 is 11.1. The van der Waals surface area contributed by atoms with Gasteiger partial charge in [0.25, 0.3) is 0 Å². The Balaban J connectivity index is 2.27. The predicted molar refractivity (Wildman–Crippen MR) is 68.4 cm³/mol. The normalized spacial score (nSPS) is 18.9. The number of nitrogens with two attached hydrogens (primary N) is 1. The molecule has 1 fully saturated rings. The molecule has 0 aromatic heterocycles. The molecular weight excluding hydrogens is 214 g/mol. The Hall–Kier alpha value is -1.32. The lowest BCUT2D eigenvalue weighted by atomic mass is 9.85. The topological polar surface area (TPSA) is 44.5 Å². The van der Waals surface area contributed by atoms with Crippen molar-refractivity contribution in [2.75, 3.05) is 20.3 Å². The van der Waals surface area contributed by atoms with Crippen LogP contribution in [-0.2, 0) is 15.1 Å². The zero-order valence-corrected chi connectivity index (χ0v) is 10.2. The second-order valence-electron chi connectivity index (χ2n) is 4.41. The van der Waals surface area contributed by atoms with Gasteiger partial charge < -0.3 is 15.2 Å². The van der Waals surface area contributed by atoms with Crippen LogP contribution in [0.2, 0.25) is 0 Å². The number of ether oxygens (including phenoxy) is 2. The summed E-state index contributed by atoms with van der Waals surface area (Å²) in [5.41, 5.74) is 8.21. The summed E-state index contributed by atoms with van der Waals surface area (Å²) in [7, 11) is 1.76. The highest BCUT2D eigenvalue weighted by Crippen LogP contribution is 2.35. The molecule has 0 aliphatic carbocycles. The van der Waals surface area contributed by atoms with E-state index in [1.807, 2.05) is 12.1 Å². The number of methoxy groups -OCH3 is 1. The summed E-state index contributed by atoms with van der Waals surface area (Å²) in [4.78, 5) is 0. The van der Waals surface area contributed by atoms with Crippen LogP contribution >= 0.6 is 0 Å². The largest absolute Gasteiger partial charge is 0.399 e. The van der Waals surface area contributed by atoms with Crippen molar-refractivity contribution >= 4 is 5.70 Å². The van der Waals surface area contributed by atoms with Crippen molar-refractivity contribution in [2.24, 2.45) is 5.73 Å².